The normalized spacial score (nSPS) is 11.6. The first-order chi connectivity index (χ1) is 15.2. The number of hydrogen-bond acceptors (Lipinski definition) is 5. The molecule has 0 spiro atoms. The van der Waals surface area contributed by atoms with Gasteiger partial charge in [-0.1, -0.05) is 29.3 Å². The molecule has 0 saturated heterocycles. The van der Waals surface area contributed by atoms with E-state index >= 15 is 0 Å². The summed E-state index contributed by atoms with van der Waals surface area (Å²) >= 11 is 15.4. The zero-order valence-corrected chi connectivity index (χ0v) is 19.5. The number of anilines is 1. The molecule has 0 unspecified atom stereocenters. The number of nitrogens with zero attached hydrogens (tertiary/aromatic N) is 2. The Morgan fingerprint density at radius 3 is 2.50 bits per heavy atom. The lowest BCUT2D eigenvalue weighted by atomic mass is 10.2. The van der Waals surface area contributed by atoms with Gasteiger partial charge in [0.2, 0.25) is 0 Å². The van der Waals surface area contributed by atoms with Crippen LogP contribution in [0.2, 0.25) is 10.0 Å². The van der Waals surface area contributed by atoms with E-state index < -0.39 is 11.7 Å². The quantitative estimate of drug-likeness (QED) is 0.250. The lowest BCUT2D eigenvalue weighted by Crippen LogP contribution is -2.05. The van der Waals surface area contributed by atoms with Crippen LogP contribution in [0.3, 0.4) is 0 Å². The Hall–Kier alpha value is -2.49. The number of hydrogen-bond donors (Lipinski definition) is 1. The molecule has 168 valence electrons. The molecule has 0 aliphatic carbocycles. The summed E-state index contributed by atoms with van der Waals surface area (Å²) in [5.41, 5.74) is 3.22. The van der Waals surface area contributed by atoms with Crippen LogP contribution in [0, 0.1) is 0 Å². The van der Waals surface area contributed by atoms with Gasteiger partial charge in [-0.15, -0.1) is 0 Å². The maximum absolute atomic E-state index is 12.6. The number of rotatable bonds is 7. The minimum atomic E-state index is -4.44. The summed E-state index contributed by atoms with van der Waals surface area (Å²) in [4.78, 5) is 3.69. The number of ether oxygens (including phenoxy) is 2. The highest BCUT2D eigenvalue weighted by molar-refractivity contribution is 9.10. The van der Waals surface area contributed by atoms with Crippen molar-refractivity contribution in [3.8, 4) is 11.5 Å². The highest BCUT2D eigenvalue weighted by atomic mass is 79.9. The zero-order valence-electron chi connectivity index (χ0n) is 16.4. The van der Waals surface area contributed by atoms with Crippen molar-refractivity contribution in [3.05, 3.63) is 79.9 Å². The molecule has 32 heavy (non-hydrogen) atoms. The second kappa shape index (κ2) is 10.4. The molecule has 0 saturated carbocycles. The average molecular weight is 549 g/mol. The second-order valence-corrected chi connectivity index (χ2v) is 8.03. The summed E-state index contributed by atoms with van der Waals surface area (Å²) in [6.45, 7) is 0.244. The Morgan fingerprint density at radius 2 is 1.88 bits per heavy atom. The number of halogens is 6. The van der Waals surface area contributed by atoms with Crippen molar-refractivity contribution in [2.24, 2.45) is 5.10 Å². The zero-order chi connectivity index (χ0) is 23.3. The highest BCUT2D eigenvalue weighted by Gasteiger charge is 2.30. The van der Waals surface area contributed by atoms with Crippen molar-refractivity contribution in [2.45, 2.75) is 12.8 Å². The molecular weight excluding hydrogens is 534 g/mol. The third kappa shape index (κ3) is 6.27. The van der Waals surface area contributed by atoms with Gasteiger partial charge in [0.1, 0.15) is 12.4 Å². The molecule has 3 rings (SSSR count). The van der Waals surface area contributed by atoms with E-state index in [1.54, 1.807) is 30.3 Å². The van der Waals surface area contributed by atoms with E-state index in [1.165, 1.54) is 19.4 Å². The molecule has 0 radical (unpaired) electrons. The van der Waals surface area contributed by atoms with Crippen molar-refractivity contribution >= 4 is 51.2 Å². The highest BCUT2D eigenvalue weighted by Crippen LogP contribution is 2.34. The number of hydrazone groups is 1. The van der Waals surface area contributed by atoms with Crippen LogP contribution in [0.25, 0.3) is 0 Å². The Morgan fingerprint density at radius 1 is 1.09 bits per heavy atom. The van der Waals surface area contributed by atoms with Crippen LogP contribution in [0.15, 0.2) is 58.2 Å². The van der Waals surface area contributed by atoms with Crippen LogP contribution in [-0.2, 0) is 12.8 Å². The largest absolute Gasteiger partial charge is 0.493 e. The predicted octanol–water partition coefficient (Wildman–Crippen LogP) is 7.20. The van der Waals surface area contributed by atoms with Crippen LogP contribution in [0.5, 0.6) is 11.5 Å². The standard InChI is InChI=1S/C21H15BrCl2F3N3O2/c1-31-18-7-13(9-29-30-20-5-3-14(10-28-20)21(25,26)27)15(22)8-19(18)32-11-12-2-4-16(23)17(24)6-12/h2-10H,11H2,1H3,(H,28,30)/b29-9-. The van der Waals surface area contributed by atoms with E-state index in [4.69, 9.17) is 32.7 Å². The lowest BCUT2D eigenvalue weighted by Gasteiger charge is -2.13. The number of methoxy groups -OCH3 is 1. The molecule has 0 aliphatic rings. The fourth-order valence-corrected chi connectivity index (χ4v) is 3.25. The predicted molar refractivity (Wildman–Crippen MR) is 122 cm³/mol. The van der Waals surface area contributed by atoms with E-state index in [9.17, 15) is 13.2 Å². The van der Waals surface area contributed by atoms with Crippen molar-refractivity contribution < 1.29 is 22.6 Å². The molecular formula is C21H15BrCl2F3N3O2. The molecule has 3 aromatic rings. The van der Waals surface area contributed by atoms with Gasteiger partial charge in [0.15, 0.2) is 11.5 Å². The molecule has 2 aromatic carbocycles. The molecule has 5 nitrogen and oxygen atoms in total. The van der Waals surface area contributed by atoms with Gasteiger partial charge in [-0.3, -0.25) is 5.43 Å². The first-order valence-electron chi connectivity index (χ1n) is 8.94. The second-order valence-electron chi connectivity index (χ2n) is 6.36. The van der Waals surface area contributed by atoms with E-state index in [1.807, 2.05) is 0 Å². The third-order valence-corrected chi connectivity index (χ3v) is 5.56. The summed E-state index contributed by atoms with van der Waals surface area (Å²) in [5.74, 6) is 1.11. The number of alkyl halides is 3. The maximum Gasteiger partial charge on any atom is 0.417 e. The maximum atomic E-state index is 12.6. The van der Waals surface area contributed by atoms with Gasteiger partial charge in [-0.05, 0) is 57.9 Å². The van der Waals surface area contributed by atoms with Crippen molar-refractivity contribution in [2.75, 3.05) is 12.5 Å². The fraction of sp³-hybridized carbons (Fsp3) is 0.143. The SMILES string of the molecule is COc1cc(/C=N\Nc2ccc(C(F)(F)F)cn2)c(Br)cc1OCc1ccc(Cl)c(Cl)c1. The number of aromatic nitrogens is 1. The molecule has 0 fully saturated rings. The Kier molecular flexibility index (Phi) is 7.86. The summed E-state index contributed by atoms with van der Waals surface area (Å²) < 4.78 is 49.7. The topological polar surface area (TPSA) is 55.7 Å². The summed E-state index contributed by atoms with van der Waals surface area (Å²) in [5, 5.41) is 4.90. The van der Waals surface area contributed by atoms with Crippen LogP contribution in [-0.4, -0.2) is 18.3 Å². The van der Waals surface area contributed by atoms with Crippen molar-refractivity contribution in [1.82, 2.24) is 4.98 Å². The minimum absolute atomic E-state index is 0.166. The first kappa shape index (κ1) is 24.2. The van der Waals surface area contributed by atoms with E-state index in [-0.39, 0.29) is 12.4 Å². The third-order valence-electron chi connectivity index (χ3n) is 4.13. The molecule has 0 aliphatic heterocycles. The van der Waals surface area contributed by atoms with Crippen LogP contribution in [0.4, 0.5) is 19.0 Å². The van der Waals surface area contributed by atoms with Gasteiger partial charge >= 0.3 is 6.18 Å². The molecule has 0 bridgehead atoms. The van der Waals surface area contributed by atoms with Gasteiger partial charge in [-0.2, -0.15) is 18.3 Å². The Balaban J connectivity index is 1.69. The van der Waals surface area contributed by atoms with Crippen LogP contribution < -0.4 is 14.9 Å². The van der Waals surface area contributed by atoms with E-state index in [0.29, 0.717) is 31.6 Å². The number of benzene rings is 2. The van der Waals surface area contributed by atoms with Crippen LogP contribution >= 0.6 is 39.1 Å². The van der Waals surface area contributed by atoms with Gasteiger partial charge in [0.05, 0.1) is 28.9 Å². The Bertz CT molecular complexity index is 1130. The lowest BCUT2D eigenvalue weighted by molar-refractivity contribution is -0.137. The molecule has 0 amide bonds. The molecule has 0 atom stereocenters. The van der Waals surface area contributed by atoms with Gasteiger partial charge < -0.3 is 9.47 Å². The van der Waals surface area contributed by atoms with Crippen molar-refractivity contribution in [3.63, 3.8) is 0 Å². The number of pyridine rings is 1. The minimum Gasteiger partial charge on any atom is -0.493 e. The smallest absolute Gasteiger partial charge is 0.417 e. The summed E-state index contributed by atoms with van der Waals surface area (Å²) in [6, 6.07) is 10.7. The van der Waals surface area contributed by atoms with Gasteiger partial charge in [-0.25, -0.2) is 4.98 Å². The average Bonchev–Trinajstić information content (AvgIpc) is 2.75. The fourth-order valence-electron chi connectivity index (χ4n) is 2.51. The van der Waals surface area contributed by atoms with Crippen molar-refractivity contribution in [1.29, 1.82) is 0 Å². The molecule has 1 aromatic heterocycles. The molecule has 1 heterocycles. The Labute approximate surface area is 200 Å². The number of nitrogens with one attached hydrogen (secondary N) is 1. The summed E-state index contributed by atoms with van der Waals surface area (Å²) in [7, 11) is 1.50. The summed E-state index contributed by atoms with van der Waals surface area (Å²) in [6.07, 6.45) is -2.24. The monoisotopic (exact) mass is 547 g/mol. The van der Waals surface area contributed by atoms with E-state index in [2.05, 4.69) is 31.4 Å². The van der Waals surface area contributed by atoms with Gasteiger partial charge in [0.25, 0.3) is 0 Å². The molecule has 11 heteroatoms. The molecule has 1 N–H and O–H groups in total. The van der Waals surface area contributed by atoms with Gasteiger partial charge in [0, 0.05) is 16.2 Å². The van der Waals surface area contributed by atoms with E-state index in [0.717, 1.165) is 17.8 Å². The van der Waals surface area contributed by atoms with Crippen LogP contribution in [0.1, 0.15) is 16.7 Å². The first-order valence-corrected chi connectivity index (χ1v) is 10.5.